The number of hydrogen-bond donors (Lipinski definition) is 3. The van der Waals surface area contributed by atoms with E-state index in [1.54, 1.807) is 6.07 Å². The fourth-order valence-electron chi connectivity index (χ4n) is 8.02. The van der Waals surface area contributed by atoms with E-state index in [4.69, 9.17) is 4.74 Å². The van der Waals surface area contributed by atoms with Crippen molar-refractivity contribution in [3.63, 3.8) is 0 Å². The van der Waals surface area contributed by atoms with E-state index >= 15 is 0 Å². The second-order valence-corrected chi connectivity index (χ2v) is 11.5. The Labute approximate surface area is 206 Å². The van der Waals surface area contributed by atoms with Crippen molar-refractivity contribution in [2.75, 3.05) is 13.1 Å². The maximum absolute atomic E-state index is 12.6. The highest BCUT2D eigenvalue weighted by Gasteiger charge is 2.74. The van der Waals surface area contributed by atoms with E-state index in [9.17, 15) is 15.4 Å². The predicted molar refractivity (Wildman–Crippen MR) is 132 cm³/mol. The van der Waals surface area contributed by atoms with Gasteiger partial charge in [-0.3, -0.25) is 4.90 Å². The molecule has 2 saturated carbocycles. The summed E-state index contributed by atoms with van der Waals surface area (Å²) < 4.78 is 6.63. The van der Waals surface area contributed by atoms with Crippen LogP contribution >= 0.6 is 0 Å². The lowest BCUT2D eigenvalue weighted by Gasteiger charge is -2.64. The molecule has 6 heteroatoms. The summed E-state index contributed by atoms with van der Waals surface area (Å²) in [5, 5.41) is 37.4. The molecule has 2 aliphatic heterocycles. The molecule has 3 N–H and O–H groups in total. The summed E-state index contributed by atoms with van der Waals surface area (Å²) >= 11 is 0. The molecule has 0 amide bonds. The molecular weight excluding hydrogens is 440 g/mol. The lowest BCUT2D eigenvalue weighted by atomic mass is 9.47. The number of oxime groups is 1. The molecule has 0 radical (unpaired) electrons. The zero-order valence-electron chi connectivity index (χ0n) is 20.1. The van der Waals surface area contributed by atoms with Gasteiger partial charge >= 0.3 is 0 Å². The molecule has 2 aromatic carbocycles. The molecule has 1 saturated heterocycles. The van der Waals surface area contributed by atoms with Gasteiger partial charge in [-0.25, -0.2) is 0 Å². The number of likely N-dealkylation sites (tertiary alicyclic amines) is 1. The molecular formula is C29H34N2O4. The number of rotatable bonds is 6. The normalized spacial score (nSPS) is 36.1. The Hall–Kier alpha value is -2.57. The third-order valence-corrected chi connectivity index (χ3v) is 9.76. The van der Waals surface area contributed by atoms with Gasteiger partial charge in [-0.15, -0.1) is 0 Å². The standard InChI is InChI=1S/C29H34N2O4/c32-23-12-11-20-15-24-29(33)16-22(30-34)21(8-4-7-18-5-2-1-3-6-18)27-28(29,25(20)26(23)35-27)13-14-31(24)17-19-9-10-19/h1-3,5-6,11-12,19,21,24,27,32-34H,4,7-10,13-17H2/t21?,24-,27+,28+,29-/m1/s1. The van der Waals surface area contributed by atoms with Gasteiger partial charge in [0.05, 0.1) is 16.7 Å². The Balaban J connectivity index is 1.29. The molecule has 2 heterocycles. The lowest BCUT2D eigenvalue weighted by molar-refractivity contribution is -0.175. The highest BCUT2D eigenvalue weighted by atomic mass is 16.5. The number of phenols is 1. The van der Waals surface area contributed by atoms with Crippen molar-refractivity contribution >= 4 is 5.71 Å². The quantitative estimate of drug-likeness (QED) is 0.435. The van der Waals surface area contributed by atoms with Crippen LogP contribution < -0.4 is 4.74 Å². The van der Waals surface area contributed by atoms with E-state index in [2.05, 4.69) is 34.3 Å². The van der Waals surface area contributed by atoms with Crippen molar-refractivity contribution in [3.8, 4) is 11.5 Å². The molecule has 1 spiro atoms. The van der Waals surface area contributed by atoms with E-state index < -0.39 is 11.0 Å². The van der Waals surface area contributed by atoms with Gasteiger partial charge in [-0.1, -0.05) is 41.6 Å². The van der Waals surface area contributed by atoms with Crippen LogP contribution in [0.4, 0.5) is 0 Å². The summed E-state index contributed by atoms with van der Waals surface area (Å²) in [6, 6.07) is 14.2. The van der Waals surface area contributed by atoms with Crippen LogP contribution in [0.25, 0.3) is 0 Å². The molecule has 1 unspecified atom stereocenters. The zero-order chi connectivity index (χ0) is 23.8. The average molecular weight is 475 g/mol. The molecule has 2 bridgehead atoms. The van der Waals surface area contributed by atoms with Crippen LogP contribution in [0.3, 0.4) is 0 Å². The molecule has 35 heavy (non-hydrogen) atoms. The summed E-state index contributed by atoms with van der Waals surface area (Å²) in [4.78, 5) is 2.50. The van der Waals surface area contributed by atoms with Gasteiger partial charge in [0, 0.05) is 30.5 Å². The first-order valence-corrected chi connectivity index (χ1v) is 13.3. The first kappa shape index (κ1) is 21.7. The van der Waals surface area contributed by atoms with Crippen molar-refractivity contribution in [2.24, 2.45) is 17.0 Å². The third-order valence-electron chi connectivity index (χ3n) is 9.76. The van der Waals surface area contributed by atoms with Crippen LogP contribution in [0, 0.1) is 11.8 Å². The second kappa shape index (κ2) is 7.71. The van der Waals surface area contributed by atoms with E-state index in [1.165, 1.54) is 24.0 Å². The first-order valence-electron chi connectivity index (χ1n) is 13.3. The molecule has 7 rings (SSSR count). The van der Waals surface area contributed by atoms with E-state index in [0.717, 1.165) is 56.7 Å². The first-order chi connectivity index (χ1) is 17.0. The molecule has 5 aliphatic rings. The Morgan fingerprint density at radius 3 is 2.71 bits per heavy atom. The van der Waals surface area contributed by atoms with Gasteiger partial charge in [0.25, 0.3) is 0 Å². The lowest BCUT2D eigenvalue weighted by Crippen LogP contribution is -2.77. The van der Waals surface area contributed by atoms with Gasteiger partial charge in [0.2, 0.25) is 0 Å². The van der Waals surface area contributed by atoms with Crippen molar-refractivity contribution in [3.05, 3.63) is 59.2 Å². The topological polar surface area (TPSA) is 85.5 Å². The Morgan fingerprint density at radius 1 is 1.11 bits per heavy atom. The number of ether oxygens (including phenoxy) is 1. The monoisotopic (exact) mass is 474 g/mol. The van der Waals surface area contributed by atoms with E-state index in [0.29, 0.717) is 17.9 Å². The maximum atomic E-state index is 12.6. The third kappa shape index (κ3) is 2.99. The Morgan fingerprint density at radius 2 is 1.94 bits per heavy atom. The van der Waals surface area contributed by atoms with Crippen LogP contribution in [-0.2, 0) is 18.3 Å². The van der Waals surface area contributed by atoms with E-state index in [-0.39, 0.29) is 23.8 Å². The number of piperidine rings is 1. The molecule has 3 aliphatic carbocycles. The van der Waals surface area contributed by atoms with Crippen molar-refractivity contribution in [1.82, 2.24) is 4.90 Å². The van der Waals surface area contributed by atoms with Crippen LogP contribution in [0.1, 0.15) is 55.2 Å². The van der Waals surface area contributed by atoms with Gasteiger partial charge in [-0.05, 0) is 74.6 Å². The fourth-order valence-corrected chi connectivity index (χ4v) is 8.02. The molecule has 6 nitrogen and oxygen atoms in total. The predicted octanol–water partition coefficient (Wildman–Crippen LogP) is 4.04. The molecule has 2 aromatic rings. The van der Waals surface area contributed by atoms with Crippen LogP contribution in [-0.4, -0.2) is 56.9 Å². The largest absolute Gasteiger partial charge is 0.504 e. The summed E-state index contributed by atoms with van der Waals surface area (Å²) in [5.74, 6) is 1.34. The number of aromatic hydroxyl groups is 1. The van der Waals surface area contributed by atoms with Crippen LogP contribution in [0.2, 0.25) is 0 Å². The number of hydrogen-bond acceptors (Lipinski definition) is 6. The molecule has 184 valence electrons. The van der Waals surface area contributed by atoms with Gasteiger partial charge in [0.1, 0.15) is 6.10 Å². The maximum Gasteiger partial charge on any atom is 0.165 e. The average Bonchev–Trinajstić information content (AvgIpc) is 3.61. The summed E-state index contributed by atoms with van der Waals surface area (Å²) in [5.41, 5.74) is 2.51. The summed E-state index contributed by atoms with van der Waals surface area (Å²) in [6.07, 6.45) is 6.82. The fraction of sp³-hybridized carbons (Fsp3) is 0.552. The minimum atomic E-state index is -1.08. The SMILES string of the molecule is ON=C1C[C@@]2(O)[C@H]3Cc4ccc(O)c5c4[C@@]2(CCN3CC2CC2)[C@@H](O5)C1CCCc1ccccc1. The molecule has 0 aromatic heterocycles. The van der Waals surface area contributed by atoms with Crippen LogP contribution in [0.15, 0.2) is 47.6 Å². The van der Waals surface area contributed by atoms with E-state index in [1.807, 2.05) is 12.1 Å². The number of benzene rings is 2. The van der Waals surface area contributed by atoms with Gasteiger partial charge < -0.3 is 20.2 Å². The Kier molecular flexibility index (Phi) is 4.78. The molecule has 5 atom stereocenters. The summed E-state index contributed by atoms with van der Waals surface area (Å²) in [7, 11) is 0. The number of nitrogens with zero attached hydrogens (tertiary/aromatic N) is 2. The van der Waals surface area contributed by atoms with Crippen LogP contribution in [0.5, 0.6) is 11.5 Å². The van der Waals surface area contributed by atoms with Crippen molar-refractivity contribution < 1.29 is 20.2 Å². The minimum absolute atomic E-state index is 0.0343. The summed E-state index contributed by atoms with van der Waals surface area (Å²) in [6.45, 7) is 1.96. The smallest absolute Gasteiger partial charge is 0.165 e. The van der Waals surface area contributed by atoms with Crippen molar-refractivity contribution in [1.29, 1.82) is 0 Å². The Bertz CT molecular complexity index is 1180. The highest BCUT2D eigenvalue weighted by molar-refractivity contribution is 5.91. The highest BCUT2D eigenvalue weighted by Crippen LogP contribution is 2.66. The van der Waals surface area contributed by atoms with Gasteiger partial charge in [0.15, 0.2) is 11.5 Å². The zero-order valence-corrected chi connectivity index (χ0v) is 20.1. The number of aliphatic hydroxyl groups is 1. The van der Waals surface area contributed by atoms with Gasteiger partial charge in [-0.2, -0.15) is 0 Å². The second-order valence-electron chi connectivity index (χ2n) is 11.5. The number of aryl methyl sites for hydroxylation is 1. The molecule has 3 fully saturated rings. The minimum Gasteiger partial charge on any atom is -0.504 e. The number of phenolic OH excluding ortho intramolecular Hbond substituents is 1. The van der Waals surface area contributed by atoms with Crippen molar-refractivity contribution in [2.45, 2.75) is 74.5 Å².